The predicted octanol–water partition coefficient (Wildman–Crippen LogP) is 4.70. The van der Waals surface area contributed by atoms with E-state index in [-0.39, 0.29) is 17.7 Å². The molecule has 1 aliphatic carbocycles. The van der Waals surface area contributed by atoms with Crippen LogP contribution in [0.3, 0.4) is 0 Å². The van der Waals surface area contributed by atoms with Crippen molar-refractivity contribution in [3.63, 3.8) is 0 Å². The standard InChI is InChI=1S/C25H31N3O2/c1-2-21(18-9-5-3-6-10-18)24(29)27-20-13-14-23(28-15-7-4-8-16-28)22(17-20)25(30)26-19-11-12-19/h3,5-6,9-10,13-14,17,19,21H,2,4,7-8,11-12,15-16H2,1H3,(H,26,30)(H,27,29)/t21-/m1/s1. The lowest BCUT2D eigenvalue weighted by Crippen LogP contribution is -2.33. The normalized spacial score (nSPS) is 17.3. The second-order valence-corrected chi connectivity index (χ2v) is 8.39. The number of carbonyl (C=O) groups excluding carboxylic acids is 2. The summed E-state index contributed by atoms with van der Waals surface area (Å²) in [5, 5.41) is 6.16. The summed E-state index contributed by atoms with van der Waals surface area (Å²) in [4.78, 5) is 28.2. The number of amides is 2. The van der Waals surface area contributed by atoms with Crippen LogP contribution in [0.4, 0.5) is 11.4 Å². The summed E-state index contributed by atoms with van der Waals surface area (Å²) >= 11 is 0. The van der Waals surface area contributed by atoms with Gasteiger partial charge in [-0.05, 0) is 62.3 Å². The third-order valence-corrected chi connectivity index (χ3v) is 6.04. The molecule has 1 aliphatic heterocycles. The number of benzene rings is 2. The molecular weight excluding hydrogens is 374 g/mol. The first-order valence-corrected chi connectivity index (χ1v) is 11.2. The first-order chi connectivity index (χ1) is 14.7. The topological polar surface area (TPSA) is 61.4 Å². The highest BCUT2D eigenvalue weighted by atomic mass is 16.2. The fourth-order valence-corrected chi connectivity index (χ4v) is 4.18. The monoisotopic (exact) mass is 405 g/mol. The summed E-state index contributed by atoms with van der Waals surface area (Å²) in [6.07, 6.45) is 6.37. The maximum absolute atomic E-state index is 13.0. The molecule has 1 atom stereocenters. The van der Waals surface area contributed by atoms with Crippen molar-refractivity contribution in [3.8, 4) is 0 Å². The van der Waals surface area contributed by atoms with Crippen molar-refractivity contribution in [3.05, 3.63) is 59.7 Å². The van der Waals surface area contributed by atoms with Gasteiger partial charge in [0.05, 0.1) is 11.5 Å². The average Bonchev–Trinajstić information content (AvgIpc) is 3.59. The summed E-state index contributed by atoms with van der Waals surface area (Å²) in [6, 6.07) is 15.9. The molecule has 2 aromatic rings. The second kappa shape index (κ2) is 9.33. The molecule has 5 heteroatoms. The summed E-state index contributed by atoms with van der Waals surface area (Å²) < 4.78 is 0. The Hall–Kier alpha value is -2.82. The SMILES string of the molecule is CC[C@@H](C(=O)Nc1ccc(N2CCCCC2)c(C(=O)NC2CC2)c1)c1ccccc1. The Kier molecular flexibility index (Phi) is 6.36. The van der Waals surface area contributed by atoms with Crippen LogP contribution in [0.25, 0.3) is 0 Å². The van der Waals surface area contributed by atoms with Crippen molar-refractivity contribution < 1.29 is 9.59 Å². The quantitative estimate of drug-likeness (QED) is 0.702. The van der Waals surface area contributed by atoms with E-state index in [1.54, 1.807) is 0 Å². The van der Waals surface area contributed by atoms with Gasteiger partial charge in [-0.2, -0.15) is 0 Å². The zero-order valence-electron chi connectivity index (χ0n) is 17.7. The fourth-order valence-electron chi connectivity index (χ4n) is 4.18. The highest BCUT2D eigenvalue weighted by molar-refractivity contribution is 6.03. The van der Waals surface area contributed by atoms with Crippen LogP contribution in [0.1, 0.15) is 67.3 Å². The van der Waals surface area contributed by atoms with Crippen LogP contribution in [-0.4, -0.2) is 30.9 Å². The molecule has 0 unspecified atom stereocenters. The molecule has 1 saturated heterocycles. The number of rotatable bonds is 7. The van der Waals surface area contributed by atoms with Gasteiger partial charge in [0.15, 0.2) is 0 Å². The maximum Gasteiger partial charge on any atom is 0.253 e. The highest BCUT2D eigenvalue weighted by Gasteiger charge is 2.27. The van der Waals surface area contributed by atoms with Crippen LogP contribution < -0.4 is 15.5 Å². The number of hydrogen-bond donors (Lipinski definition) is 2. The Labute approximate surface area is 178 Å². The van der Waals surface area contributed by atoms with E-state index in [1.165, 1.54) is 6.42 Å². The third kappa shape index (κ3) is 4.84. The minimum atomic E-state index is -0.211. The van der Waals surface area contributed by atoms with E-state index < -0.39 is 0 Å². The summed E-state index contributed by atoms with van der Waals surface area (Å²) in [7, 11) is 0. The van der Waals surface area contributed by atoms with Gasteiger partial charge in [-0.1, -0.05) is 37.3 Å². The second-order valence-electron chi connectivity index (χ2n) is 8.39. The summed E-state index contributed by atoms with van der Waals surface area (Å²) in [5.41, 5.74) is 3.32. The Bertz CT molecular complexity index is 887. The molecule has 2 aromatic carbocycles. The lowest BCUT2D eigenvalue weighted by Gasteiger charge is -2.30. The number of nitrogens with one attached hydrogen (secondary N) is 2. The molecule has 1 saturated carbocycles. The Morgan fingerprint density at radius 3 is 2.43 bits per heavy atom. The van der Waals surface area contributed by atoms with Crippen molar-refractivity contribution in [2.24, 2.45) is 0 Å². The largest absolute Gasteiger partial charge is 0.371 e. The van der Waals surface area contributed by atoms with Gasteiger partial charge in [-0.15, -0.1) is 0 Å². The molecule has 4 rings (SSSR count). The minimum Gasteiger partial charge on any atom is -0.371 e. The molecule has 0 bridgehead atoms. The Morgan fingerprint density at radius 1 is 1.03 bits per heavy atom. The van der Waals surface area contributed by atoms with Crippen molar-refractivity contribution in [2.45, 2.75) is 57.4 Å². The van der Waals surface area contributed by atoms with Gasteiger partial charge in [0.1, 0.15) is 0 Å². The van der Waals surface area contributed by atoms with Gasteiger partial charge in [-0.3, -0.25) is 9.59 Å². The lowest BCUT2D eigenvalue weighted by molar-refractivity contribution is -0.117. The van der Waals surface area contributed by atoms with Gasteiger partial charge in [-0.25, -0.2) is 0 Å². The molecule has 1 heterocycles. The molecule has 2 fully saturated rings. The van der Waals surface area contributed by atoms with Gasteiger partial charge in [0.25, 0.3) is 5.91 Å². The molecule has 30 heavy (non-hydrogen) atoms. The first-order valence-electron chi connectivity index (χ1n) is 11.2. The molecule has 0 aromatic heterocycles. The smallest absolute Gasteiger partial charge is 0.253 e. The van der Waals surface area contributed by atoms with Gasteiger partial charge in [0, 0.05) is 30.5 Å². The van der Waals surface area contributed by atoms with Crippen molar-refractivity contribution in [2.75, 3.05) is 23.3 Å². The van der Waals surface area contributed by atoms with E-state index in [0.29, 0.717) is 17.3 Å². The lowest BCUT2D eigenvalue weighted by atomic mass is 9.95. The molecule has 5 nitrogen and oxygen atoms in total. The molecular formula is C25H31N3O2. The molecule has 2 aliphatic rings. The molecule has 0 radical (unpaired) electrons. The zero-order chi connectivity index (χ0) is 20.9. The Morgan fingerprint density at radius 2 is 1.77 bits per heavy atom. The third-order valence-electron chi connectivity index (χ3n) is 6.04. The van der Waals surface area contributed by atoms with E-state index in [1.807, 2.05) is 55.5 Å². The van der Waals surface area contributed by atoms with Gasteiger partial charge >= 0.3 is 0 Å². The van der Waals surface area contributed by atoms with E-state index in [9.17, 15) is 9.59 Å². The van der Waals surface area contributed by atoms with Crippen LogP contribution in [-0.2, 0) is 4.79 Å². The Balaban J connectivity index is 1.56. The summed E-state index contributed by atoms with van der Waals surface area (Å²) in [6.45, 7) is 3.97. The number of piperidine rings is 1. The van der Waals surface area contributed by atoms with Crippen molar-refractivity contribution in [1.29, 1.82) is 0 Å². The number of nitrogens with zero attached hydrogens (tertiary/aromatic N) is 1. The van der Waals surface area contributed by atoms with E-state index >= 15 is 0 Å². The first kappa shape index (κ1) is 20.5. The maximum atomic E-state index is 13.0. The van der Waals surface area contributed by atoms with E-state index in [4.69, 9.17) is 0 Å². The van der Waals surface area contributed by atoms with Crippen LogP contribution in [0.2, 0.25) is 0 Å². The van der Waals surface area contributed by atoms with Crippen LogP contribution in [0.15, 0.2) is 48.5 Å². The van der Waals surface area contributed by atoms with Crippen LogP contribution in [0, 0.1) is 0 Å². The fraction of sp³-hybridized carbons (Fsp3) is 0.440. The van der Waals surface area contributed by atoms with Crippen LogP contribution in [0.5, 0.6) is 0 Å². The zero-order valence-corrected chi connectivity index (χ0v) is 17.7. The van der Waals surface area contributed by atoms with Crippen molar-refractivity contribution in [1.82, 2.24) is 5.32 Å². The highest BCUT2D eigenvalue weighted by Crippen LogP contribution is 2.29. The summed E-state index contributed by atoms with van der Waals surface area (Å²) in [5.74, 6) is -0.288. The van der Waals surface area contributed by atoms with E-state index in [2.05, 4.69) is 15.5 Å². The van der Waals surface area contributed by atoms with Gasteiger partial charge in [0.2, 0.25) is 5.91 Å². The molecule has 0 spiro atoms. The molecule has 2 N–H and O–H groups in total. The molecule has 2 amide bonds. The molecule has 158 valence electrons. The number of hydrogen-bond acceptors (Lipinski definition) is 3. The number of carbonyl (C=O) groups is 2. The average molecular weight is 406 g/mol. The predicted molar refractivity (Wildman–Crippen MR) is 121 cm³/mol. The van der Waals surface area contributed by atoms with E-state index in [0.717, 1.165) is 56.4 Å². The number of anilines is 2. The van der Waals surface area contributed by atoms with Crippen molar-refractivity contribution >= 4 is 23.2 Å². The minimum absolute atomic E-state index is 0.0377. The van der Waals surface area contributed by atoms with Crippen LogP contribution >= 0.6 is 0 Å². The van der Waals surface area contributed by atoms with Gasteiger partial charge < -0.3 is 15.5 Å².